The zero-order valence-corrected chi connectivity index (χ0v) is 15.8. The minimum absolute atomic E-state index is 0.292. The van der Waals surface area contributed by atoms with Gasteiger partial charge in [0.05, 0.1) is 17.3 Å². The summed E-state index contributed by atoms with van der Waals surface area (Å²) in [6, 6.07) is 16.4. The van der Waals surface area contributed by atoms with E-state index in [1.165, 1.54) is 0 Å². The van der Waals surface area contributed by atoms with Crippen molar-refractivity contribution in [3.63, 3.8) is 0 Å². The van der Waals surface area contributed by atoms with Gasteiger partial charge < -0.3 is 14.5 Å². The Hall–Kier alpha value is -3.41. The lowest BCUT2D eigenvalue weighted by atomic mass is 10.1. The van der Waals surface area contributed by atoms with Crippen LogP contribution in [0.1, 0.15) is 24.2 Å². The molecule has 1 heterocycles. The van der Waals surface area contributed by atoms with Crippen LogP contribution >= 0.6 is 0 Å². The molecule has 1 N–H and O–H groups in total. The zero-order chi connectivity index (χ0) is 19.9. The lowest BCUT2D eigenvalue weighted by Crippen LogP contribution is -2.31. The van der Waals surface area contributed by atoms with Crippen molar-refractivity contribution in [3.05, 3.63) is 66.4 Å². The lowest BCUT2D eigenvalue weighted by molar-refractivity contribution is -0.124. The van der Waals surface area contributed by atoms with Gasteiger partial charge in [-0.1, -0.05) is 56.3 Å². The van der Waals surface area contributed by atoms with Crippen LogP contribution in [0.4, 0.5) is 0 Å². The Labute approximate surface area is 163 Å². The second-order valence-electron chi connectivity index (χ2n) is 6.72. The maximum Gasteiger partial charge on any atom is 0.339 e. The number of nitrogens with one attached hydrogen (secondary N) is 1. The largest absolute Gasteiger partial charge is 0.452 e. The number of oxazole rings is 1. The third-order valence-electron chi connectivity index (χ3n) is 3.98. The van der Waals surface area contributed by atoms with Gasteiger partial charge in [-0.05, 0) is 18.1 Å². The molecule has 6 heteroatoms. The quantitative estimate of drug-likeness (QED) is 0.630. The van der Waals surface area contributed by atoms with Crippen LogP contribution in [-0.4, -0.2) is 30.0 Å². The van der Waals surface area contributed by atoms with Gasteiger partial charge in [0.2, 0.25) is 5.89 Å². The standard InChI is InChI=1S/C22H22N2O4/c1-15(2)12-23-20(25)14-27-22(26)18-11-7-6-10-17(18)21-24-13-19(28-21)16-8-4-3-5-9-16/h3-11,13,15H,12,14H2,1-2H3,(H,23,25). The predicted molar refractivity (Wildman–Crippen MR) is 106 cm³/mol. The first-order valence-electron chi connectivity index (χ1n) is 9.09. The molecule has 28 heavy (non-hydrogen) atoms. The van der Waals surface area contributed by atoms with Gasteiger partial charge in [-0.3, -0.25) is 4.79 Å². The van der Waals surface area contributed by atoms with E-state index in [2.05, 4.69) is 10.3 Å². The fourth-order valence-corrected chi connectivity index (χ4v) is 2.56. The van der Waals surface area contributed by atoms with E-state index in [-0.39, 0.29) is 12.5 Å². The van der Waals surface area contributed by atoms with Crippen molar-refractivity contribution in [1.82, 2.24) is 10.3 Å². The fraction of sp³-hybridized carbons (Fsp3) is 0.227. The average Bonchev–Trinajstić information content (AvgIpc) is 3.21. The van der Waals surface area contributed by atoms with Gasteiger partial charge in [0, 0.05) is 12.1 Å². The Morgan fingerprint density at radius 1 is 1.07 bits per heavy atom. The van der Waals surface area contributed by atoms with E-state index in [1.807, 2.05) is 44.2 Å². The molecule has 1 amide bonds. The van der Waals surface area contributed by atoms with Gasteiger partial charge in [0.25, 0.3) is 5.91 Å². The molecule has 0 saturated heterocycles. The first kappa shape index (κ1) is 19.4. The van der Waals surface area contributed by atoms with E-state index >= 15 is 0 Å². The first-order chi connectivity index (χ1) is 13.5. The Balaban J connectivity index is 1.74. The number of amides is 1. The first-order valence-corrected chi connectivity index (χ1v) is 9.09. The van der Waals surface area contributed by atoms with Crippen LogP contribution in [0.2, 0.25) is 0 Å². The summed E-state index contributed by atoms with van der Waals surface area (Å²) in [5.41, 5.74) is 1.70. The number of ether oxygens (including phenoxy) is 1. The van der Waals surface area contributed by atoms with E-state index < -0.39 is 5.97 Å². The maximum absolute atomic E-state index is 12.5. The van der Waals surface area contributed by atoms with E-state index in [1.54, 1.807) is 30.5 Å². The second-order valence-corrected chi connectivity index (χ2v) is 6.72. The minimum Gasteiger partial charge on any atom is -0.452 e. The second kappa shape index (κ2) is 8.99. The molecule has 2 aromatic carbocycles. The van der Waals surface area contributed by atoms with Crippen molar-refractivity contribution in [3.8, 4) is 22.8 Å². The van der Waals surface area contributed by atoms with Crippen LogP contribution in [0, 0.1) is 5.92 Å². The summed E-state index contributed by atoms with van der Waals surface area (Å²) in [5.74, 6) is 0.309. The number of aromatic nitrogens is 1. The van der Waals surface area contributed by atoms with Gasteiger partial charge in [-0.25, -0.2) is 9.78 Å². The van der Waals surface area contributed by atoms with Crippen LogP contribution in [0.5, 0.6) is 0 Å². The highest BCUT2D eigenvalue weighted by Crippen LogP contribution is 2.28. The van der Waals surface area contributed by atoms with E-state index in [4.69, 9.17) is 9.15 Å². The Morgan fingerprint density at radius 2 is 1.79 bits per heavy atom. The molecule has 0 bridgehead atoms. The van der Waals surface area contributed by atoms with Gasteiger partial charge in [-0.2, -0.15) is 0 Å². The van der Waals surface area contributed by atoms with Gasteiger partial charge in [0.1, 0.15) is 0 Å². The molecule has 6 nitrogen and oxygen atoms in total. The van der Waals surface area contributed by atoms with Crippen molar-refractivity contribution >= 4 is 11.9 Å². The van der Waals surface area contributed by atoms with Crippen molar-refractivity contribution in [2.45, 2.75) is 13.8 Å². The molecule has 0 aliphatic heterocycles. The molecule has 0 saturated carbocycles. The zero-order valence-electron chi connectivity index (χ0n) is 15.8. The number of hydrogen-bond donors (Lipinski definition) is 1. The van der Waals surface area contributed by atoms with Crippen LogP contribution in [0.3, 0.4) is 0 Å². The topological polar surface area (TPSA) is 81.4 Å². The van der Waals surface area contributed by atoms with Crippen molar-refractivity contribution < 1.29 is 18.7 Å². The molecule has 0 atom stereocenters. The maximum atomic E-state index is 12.5. The molecular weight excluding hydrogens is 356 g/mol. The summed E-state index contributed by atoms with van der Waals surface area (Å²) in [4.78, 5) is 28.6. The highest BCUT2D eigenvalue weighted by molar-refractivity contribution is 5.97. The third kappa shape index (κ3) is 4.85. The number of carbonyl (C=O) groups excluding carboxylic acids is 2. The monoisotopic (exact) mass is 378 g/mol. The summed E-state index contributed by atoms with van der Waals surface area (Å²) in [6.07, 6.45) is 1.62. The highest BCUT2D eigenvalue weighted by atomic mass is 16.5. The SMILES string of the molecule is CC(C)CNC(=O)COC(=O)c1ccccc1-c1ncc(-c2ccccc2)o1. The number of carbonyl (C=O) groups is 2. The summed E-state index contributed by atoms with van der Waals surface area (Å²) >= 11 is 0. The molecule has 3 rings (SSSR count). The van der Waals surface area contributed by atoms with Crippen LogP contribution in [0.25, 0.3) is 22.8 Å². The molecule has 0 unspecified atom stereocenters. The van der Waals surface area contributed by atoms with Gasteiger partial charge in [-0.15, -0.1) is 0 Å². The fourth-order valence-electron chi connectivity index (χ4n) is 2.56. The molecular formula is C22H22N2O4. The van der Waals surface area contributed by atoms with Gasteiger partial charge in [0.15, 0.2) is 12.4 Å². The van der Waals surface area contributed by atoms with Crippen molar-refractivity contribution in [2.75, 3.05) is 13.2 Å². The summed E-state index contributed by atoms with van der Waals surface area (Å²) in [7, 11) is 0. The number of benzene rings is 2. The normalized spacial score (nSPS) is 10.7. The Bertz CT molecular complexity index is 948. The van der Waals surface area contributed by atoms with Gasteiger partial charge >= 0.3 is 5.97 Å². The average molecular weight is 378 g/mol. The van der Waals surface area contributed by atoms with E-state index in [9.17, 15) is 9.59 Å². The smallest absolute Gasteiger partial charge is 0.339 e. The number of hydrogen-bond acceptors (Lipinski definition) is 5. The predicted octanol–water partition coefficient (Wildman–Crippen LogP) is 3.94. The summed E-state index contributed by atoms with van der Waals surface area (Å²) < 4.78 is 11.0. The number of esters is 1. The molecule has 144 valence electrons. The van der Waals surface area contributed by atoms with E-state index in [0.717, 1.165) is 5.56 Å². The van der Waals surface area contributed by atoms with Crippen molar-refractivity contribution in [2.24, 2.45) is 5.92 Å². The molecule has 0 radical (unpaired) electrons. The third-order valence-corrected chi connectivity index (χ3v) is 3.98. The summed E-state index contributed by atoms with van der Waals surface area (Å²) in [6.45, 7) is 4.18. The molecule has 0 fully saturated rings. The van der Waals surface area contributed by atoms with Crippen molar-refractivity contribution in [1.29, 1.82) is 0 Å². The minimum atomic E-state index is -0.602. The Kier molecular flexibility index (Phi) is 6.22. The molecule has 0 spiro atoms. The summed E-state index contributed by atoms with van der Waals surface area (Å²) in [5, 5.41) is 2.71. The molecule has 3 aromatic rings. The Morgan fingerprint density at radius 3 is 2.54 bits per heavy atom. The number of nitrogens with zero attached hydrogens (tertiary/aromatic N) is 1. The molecule has 0 aliphatic carbocycles. The number of rotatable bonds is 7. The lowest BCUT2D eigenvalue weighted by Gasteiger charge is -2.09. The van der Waals surface area contributed by atoms with E-state index in [0.29, 0.717) is 35.2 Å². The van der Waals surface area contributed by atoms with Crippen LogP contribution < -0.4 is 5.32 Å². The molecule has 0 aliphatic rings. The highest BCUT2D eigenvalue weighted by Gasteiger charge is 2.19. The van der Waals surface area contributed by atoms with Crippen LogP contribution in [0.15, 0.2) is 65.2 Å². The molecule has 1 aromatic heterocycles. The van der Waals surface area contributed by atoms with Crippen LogP contribution in [-0.2, 0) is 9.53 Å².